The van der Waals surface area contributed by atoms with E-state index in [1.807, 2.05) is 25.7 Å². The third-order valence-corrected chi connectivity index (χ3v) is 3.11. The van der Waals surface area contributed by atoms with Crippen LogP contribution in [0.25, 0.3) is 0 Å². The average Bonchev–Trinajstić information content (AvgIpc) is 2.64. The second-order valence-corrected chi connectivity index (χ2v) is 3.88. The number of nitrogens with one attached hydrogen (secondary N) is 1. The SMILES string of the molecule is CC.CCC(=O)N1CCC2(CCN2)C1. The predicted octanol–water partition coefficient (Wildman–Crippen LogP) is 1.39. The summed E-state index contributed by atoms with van der Waals surface area (Å²) >= 11 is 0. The third kappa shape index (κ3) is 2.08. The number of amides is 1. The molecule has 14 heavy (non-hydrogen) atoms. The van der Waals surface area contributed by atoms with Gasteiger partial charge >= 0.3 is 0 Å². The van der Waals surface area contributed by atoms with Crippen molar-refractivity contribution < 1.29 is 4.79 Å². The zero-order valence-corrected chi connectivity index (χ0v) is 9.60. The molecular weight excluding hydrogens is 176 g/mol. The van der Waals surface area contributed by atoms with Gasteiger partial charge in [-0.25, -0.2) is 0 Å². The Bertz CT molecular complexity index is 199. The van der Waals surface area contributed by atoms with Gasteiger partial charge in [-0.3, -0.25) is 4.79 Å². The Kier molecular flexibility index (Phi) is 3.93. The van der Waals surface area contributed by atoms with Crippen molar-refractivity contribution >= 4 is 5.91 Å². The number of carbonyl (C=O) groups excluding carboxylic acids is 1. The molecule has 0 aromatic heterocycles. The lowest BCUT2D eigenvalue weighted by Crippen LogP contribution is -2.58. The summed E-state index contributed by atoms with van der Waals surface area (Å²) in [5.41, 5.74) is 0.324. The monoisotopic (exact) mass is 198 g/mol. The number of nitrogens with zero attached hydrogens (tertiary/aromatic N) is 1. The highest BCUT2D eigenvalue weighted by Crippen LogP contribution is 2.30. The van der Waals surface area contributed by atoms with E-state index in [1.165, 1.54) is 6.42 Å². The first-order chi connectivity index (χ1) is 6.76. The molecule has 0 bridgehead atoms. The first-order valence-corrected chi connectivity index (χ1v) is 5.79. The van der Waals surface area contributed by atoms with E-state index >= 15 is 0 Å². The van der Waals surface area contributed by atoms with Gasteiger partial charge in [-0.15, -0.1) is 0 Å². The highest BCUT2D eigenvalue weighted by molar-refractivity contribution is 5.76. The minimum atomic E-state index is 0.306. The first-order valence-electron chi connectivity index (χ1n) is 5.79. The number of hydrogen-bond donors (Lipinski definition) is 1. The van der Waals surface area contributed by atoms with Crippen LogP contribution < -0.4 is 5.32 Å². The normalized spacial score (nSPS) is 29.5. The second-order valence-electron chi connectivity index (χ2n) is 3.88. The molecule has 2 saturated heterocycles. The highest BCUT2D eigenvalue weighted by atomic mass is 16.2. The van der Waals surface area contributed by atoms with Crippen molar-refractivity contribution in [1.82, 2.24) is 10.2 Å². The maximum atomic E-state index is 11.3. The van der Waals surface area contributed by atoms with Gasteiger partial charge in [-0.2, -0.15) is 0 Å². The molecular formula is C11H22N2O. The van der Waals surface area contributed by atoms with Crippen LogP contribution in [0.15, 0.2) is 0 Å². The van der Waals surface area contributed by atoms with Crippen molar-refractivity contribution in [3.05, 3.63) is 0 Å². The lowest BCUT2D eigenvalue weighted by Gasteiger charge is -2.39. The summed E-state index contributed by atoms with van der Waals surface area (Å²) in [6, 6.07) is 0. The summed E-state index contributed by atoms with van der Waals surface area (Å²) in [5, 5.41) is 3.44. The molecule has 0 aliphatic carbocycles. The fraction of sp³-hybridized carbons (Fsp3) is 0.909. The van der Waals surface area contributed by atoms with Gasteiger partial charge in [0.25, 0.3) is 0 Å². The number of hydrogen-bond acceptors (Lipinski definition) is 2. The van der Waals surface area contributed by atoms with E-state index in [0.29, 0.717) is 17.9 Å². The second kappa shape index (κ2) is 4.78. The average molecular weight is 198 g/mol. The third-order valence-electron chi connectivity index (χ3n) is 3.11. The fourth-order valence-corrected chi connectivity index (χ4v) is 2.14. The van der Waals surface area contributed by atoms with E-state index in [2.05, 4.69) is 5.32 Å². The molecule has 2 heterocycles. The van der Waals surface area contributed by atoms with E-state index in [-0.39, 0.29) is 0 Å². The van der Waals surface area contributed by atoms with Crippen LogP contribution in [0.5, 0.6) is 0 Å². The smallest absolute Gasteiger partial charge is 0.222 e. The van der Waals surface area contributed by atoms with Crippen LogP contribution in [0, 0.1) is 0 Å². The van der Waals surface area contributed by atoms with Gasteiger partial charge in [-0.1, -0.05) is 20.8 Å². The minimum absolute atomic E-state index is 0.306. The summed E-state index contributed by atoms with van der Waals surface area (Å²) < 4.78 is 0. The number of carbonyl (C=O) groups is 1. The first kappa shape index (κ1) is 11.5. The summed E-state index contributed by atoms with van der Waals surface area (Å²) in [5.74, 6) is 0.306. The van der Waals surface area contributed by atoms with Crippen LogP contribution in [-0.2, 0) is 4.79 Å². The van der Waals surface area contributed by atoms with Crippen LogP contribution in [0.1, 0.15) is 40.0 Å². The molecule has 2 rings (SSSR count). The Morgan fingerprint density at radius 2 is 2.07 bits per heavy atom. The van der Waals surface area contributed by atoms with Gasteiger partial charge in [0.2, 0.25) is 5.91 Å². The molecule has 1 amide bonds. The molecule has 0 saturated carbocycles. The van der Waals surface area contributed by atoms with Gasteiger partial charge in [0.05, 0.1) is 0 Å². The summed E-state index contributed by atoms with van der Waals surface area (Å²) in [6.07, 6.45) is 3.05. The van der Waals surface area contributed by atoms with Gasteiger partial charge in [0.15, 0.2) is 0 Å². The topological polar surface area (TPSA) is 32.3 Å². The van der Waals surface area contributed by atoms with E-state index in [1.54, 1.807) is 0 Å². The van der Waals surface area contributed by atoms with E-state index < -0.39 is 0 Å². The Morgan fingerprint density at radius 3 is 2.43 bits per heavy atom. The summed E-state index contributed by atoms with van der Waals surface area (Å²) in [4.78, 5) is 13.3. The van der Waals surface area contributed by atoms with Crippen molar-refractivity contribution in [2.45, 2.75) is 45.6 Å². The van der Waals surface area contributed by atoms with Gasteiger partial charge in [0, 0.05) is 25.0 Å². The molecule has 2 fully saturated rings. The van der Waals surface area contributed by atoms with Crippen LogP contribution in [0.4, 0.5) is 0 Å². The quantitative estimate of drug-likeness (QED) is 0.690. The maximum Gasteiger partial charge on any atom is 0.222 e. The maximum absolute atomic E-state index is 11.3. The van der Waals surface area contributed by atoms with Crippen LogP contribution >= 0.6 is 0 Å². The van der Waals surface area contributed by atoms with Gasteiger partial charge in [0.1, 0.15) is 0 Å². The van der Waals surface area contributed by atoms with E-state index in [4.69, 9.17) is 0 Å². The van der Waals surface area contributed by atoms with Gasteiger partial charge < -0.3 is 10.2 Å². The summed E-state index contributed by atoms with van der Waals surface area (Å²) in [6.45, 7) is 8.97. The molecule has 3 nitrogen and oxygen atoms in total. The lowest BCUT2D eigenvalue weighted by atomic mass is 9.87. The largest absolute Gasteiger partial charge is 0.341 e. The zero-order valence-electron chi connectivity index (χ0n) is 9.60. The molecule has 1 spiro atoms. The molecule has 82 valence electrons. The van der Waals surface area contributed by atoms with E-state index in [9.17, 15) is 4.79 Å². The van der Waals surface area contributed by atoms with Crippen molar-refractivity contribution in [2.24, 2.45) is 0 Å². The molecule has 0 radical (unpaired) electrons. The molecule has 1 atom stereocenters. The fourth-order valence-electron chi connectivity index (χ4n) is 2.14. The standard InChI is InChI=1S/C9H16N2O.C2H6/c1-2-8(12)11-6-4-9(7-11)3-5-10-9;1-2/h10H,2-7H2,1H3;1-2H3. The van der Waals surface area contributed by atoms with Crippen molar-refractivity contribution in [1.29, 1.82) is 0 Å². The summed E-state index contributed by atoms with van der Waals surface area (Å²) in [7, 11) is 0. The Morgan fingerprint density at radius 1 is 1.43 bits per heavy atom. The Labute approximate surface area is 86.9 Å². The molecule has 1 unspecified atom stereocenters. The number of rotatable bonds is 1. The molecule has 2 aliphatic rings. The van der Waals surface area contributed by atoms with Crippen LogP contribution in [-0.4, -0.2) is 36.0 Å². The lowest BCUT2D eigenvalue weighted by molar-refractivity contribution is -0.130. The molecule has 2 aliphatic heterocycles. The molecule has 3 heteroatoms. The van der Waals surface area contributed by atoms with Crippen molar-refractivity contribution in [2.75, 3.05) is 19.6 Å². The molecule has 0 aromatic rings. The minimum Gasteiger partial charge on any atom is -0.341 e. The Balaban J connectivity index is 0.000000461. The van der Waals surface area contributed by atoms with Crippen LogP contribution in [0.2, 0.25) is 0 Å². The van der Waals surface area contributed by atoms with E-state index in [0.717, 1.165) is 26.1 Å². The predicted molar refractivity (Wildman–Crippen MR) is 58.2 cm³/mol. The van der Waals surface area contributed by atoms with Gasteiger partial charge in [-0.05, 0) is 19.4 Å². The van der Waals surface area contributed by atoms with Crippen LogP contribution in [0.3, 0.4) is 0 Å². The van der Waals surface area contributed by atoms with Crippen molar-refractivity contribution in [3.8, 4) is 0 Å². The zero-order chi connectivity index (χ0) is 10.6. The highest BCUT2D eigenvalue weighted by Gasteiger charge is 2.43. The molecule has 1 N–H and O–H groups in total. The Hall–Kier alpha value is -0.570. The molecule has 0 aromatic carbocycles. The van der Waals surface area contributed by atoms with Crippen molar-refractivity contribution in [3.63, 3.8) is 0 Å². The number of likely N-dealkylation sites (tertiary alicyclic amines) is 1.